The van der Waals surface area contributed by atoms with E-state index in [-0.39, 0.29) is 29.6 Å². The third-order valence-corrected chi connectivity index (χ3v) is 5.67. The van der Waals surface area contributed by atoms with Crippen LogP contribution in [0.1, 0.15) is 29.5 Å². The first-order chi connectivity index (χ1) is 15.3. The highest BCUT2D eigenvalue weighted by Gasteiger charge is 2.50. The number of rotatable bonds is 8. The Kier molecular flexibility index (Phi) is 5.72. The average molecular weight is 448 g/mol. The lowest BCUT2D eigenvalue weighted by Crippen LogP contribution is -2.41. The highest BCUT2D eigenvalue weighted by Crippen LogP contribution is 2.42. The van der Waals surface area contributed by atoms with Crippen molar-refractivity contribution >= 4 is 11.9 Å². The van der Waals surface area contributed by atoms with E-state index < -0.39 is 23.9 Å². The predicted molar refractivity (Wildman–Crippen MR) is 111 cm³/mol. The Morgan fingerprint density at radius 3 is 2.47 bits per heavy atom. The van der Waals surface area contributed by atoms with Crippen LogP contribution in [0.2, 0.25) is 0 Å². The summed E-state index contributed by atoms with van der Waals surface area (Å²) in [4.78, 5) is 19.0. The number of hydrogen-bond acceptors (Lipinski definition) is 6. The second-order valence-electron chi connectivity index (χ2n) is 7.85. The molecule has 1 aliphatic carbocycles. The number of ether oxygens (including phenoxy) is 2. The van der Waals surface area contributed by atoms with Gasteiger partial charge in [-0.05, 0) is 54.2 Å². The van der Waals surface area contributed by atoms with E-state index in [1.165, 1.54) is 48.3 Å². The maximum absolute atomic E-state index is 14.4. The molecule has 2 aromatic rings. The molecule has 0 saturated heterocycles. The number of halogens is 3. The second kappa shape index (κ2) is 8.34. The smallest absolute Gasteiger partial charge is 0.387 e. The van der Waals surface area contributed by atoms with Crippen molar-refractivity contribution in [3.05, 3.63) is 58.9 Å². The molecule has 0 unspecified atom stereocenters. The average Bonchev–Trinajstić information content (AvgIpc) is 3.57. The van der Waals surface area contributed by atoms with Gasteiger partial charge in [0.25, 0.3) is 5.91 Å². The highest BCUT2D eigenvalue weighted by molar-refractivity contribution is 6.09. The quantitative estimate of drug-likeness (QED) is 0.647. The lowest BCUT2D eigenvalue weighted by molar-refractivity contribution is -0.129. The van der Waals surface area contributed by atoms with Gasteiger partial charge in [0.2, 0.25) is 0 Å². The van der Waals surface area contributed by atoms with Gasteiger partial charge in [0, 0.05) is 19.2 Å². The molecule has 2 aliphatic rings. The van der Waals surface area contributed by atoms with E-state index in [1.807, 2.05) is 0 Å². The minimum atomic E-state index is -3.03. The van der Waals surface area contributed by atoms with E-state index in [1.54, 1.807) is 0 Å². The first-order valence-electron chi connectivity index (χ1n) is 10.1. The van der Waals surface area contributed by atoms with Crippen LogP contribution in [-0.2, 0) is 16.9 Å². The molecule has 10 heteroatoms. The molecule has 1 aliphatic heterocycles. The van der Waals surface area contributed by atoms with Gasteiger partial charge >= 0.3 is 6.61 Å². The number of guanidine groups is 1. The molecular formula is C22H23F3N4O3. The first kappa shape index (κ1) is 21.9. The van der Waals surface area contributed by atoms with Gasteiger partial charge in [-0.2, -0.15) is 8.78 Å². The zero-order chi connectivity index (χ0) is 23.0. The fourth-order valence-corrected chi connectivity index (χ4v) is 3.69. The van der Waals surface area contributed by atoms with E-state index in [2.05, 4.69) is 9.73 Å². The number of aliphatic imine (C=N–C) groups is 1. The van der Waals surface area contributed by atoms with E-state index in [0.29, 0.717) is 23.7 Å². The Morgan fingerprint density at radius 1 is 1.19 bits per heavy atom. The number of carbonyl (C=O) groups excluding carboxylic acids is 1. The summed E-state index contributed by atoms with van der Waals surface area (Å²) in [5, 5.41) is 0. The Balaban J connectivity index is 1.83. The summed E-state index contributed by atoms with van der Waals surface area (Å²) in [7, 11) is 1.47. The maximum atomic E-state index is 14.4. The molecule has 7 nitrogen and oxygen atoms in total. The van der Waals surface area contributed by atoms with E-state index in [9.17, 15) is 18.0 Å². The Labute approximate surface area is 182 Å². The Hall–Kier alpha value is -3.27. The first-order valence-corrected chi connectivity index (χ1v) is 10.1. The summed E-state index contributed by atoms with van der Waals surface area (Å²) in [5.74, 6) is -0.799. The summed E-state index contributed by atoms with van der Waals surface area (Å²) in [6.45, 7) is -2.77. The fourth-order valence-electron chi connectivity index (χ4n) is 3.69. The lowest BCUT2D eigenvalue weighted by Gasteiger charge is -2.27. The van der Waals surface area contributed by atoms with Crippen molar-refractivity contribution in [2.75, 3.05) is 13.7 Å². The molecule has 1 saturated carbocycles. The Bertz CT molecular complexity index is 1070. The van der Waals surface area contributed by atoms with Crippen LogP contribution < -0.4 is 20.9 Å². The summed E-state index contributed by atoms with van der Waals surface area (Å²) < 4.78 is 50.1. The molecule has 2 aromatic carbocycles. The topological polar surface area (TPSA) is 103 Å². The van der Waals surface area contributed by atoms with Crippen molar-refractivity contribution in [2.45, 2.75) is 31.5 Å². The summed E-state index contributed by atoms with van der Waals surface area (Å²) in [5.41, 5.74) is 11.0. The zero-order valence-corrected chi connectivity index (χ0v) is 17.4. The number of likely N-dealkylation sites (N-methyl/N-ethyl adjacent to an activating group) is 1. The summed E-state index contributed by atoms with van der Waals surface area (Å²) in [6.07, 6.45) is 2.06. The van der Waals surface area contributed by atoms with Crippen molar-refractivity contribution in [1.82, 2.24) is 4.90 Å². The maximum Gasteiger partial charge on any atom is 0.387 e. The van der Waals surface area contributed by atoms with Gasteiger partial charge in [-0.25, -0.2) is 9.38 Å². The number of nitrogens with two attached hydrogens (primary N) is 2. The summed E-state index contributed by atoms with van der Waals surface area (Å²) in [6, 6.07) is 8.28. The molecule has 32 heavy (non-hydrogen) atoms. The number of benzene rings is 2. The summed E-state index contributed by atoms with van der Waals surface area (Å²) >= 11 is 0. The van der Waals surface area contributed by atoms with Crippen molar-refractivity contribution in [2.24, 2.45) is 22.4 Å². The minimum absolute atomic E-state index is 0.00148. The van der Waals surface area contributed by atoms with Crippen molar-refractivity contribution in [3.8, 4) is 11.5 Å². The van der Waals surface area contributed by atoms with Crippen LogP contribution in [0.4, 0.5) is 13.2 Å². The predicted octanol–water partition coefficient (Wildman–Crippen LogP) is 2.70. The minimum Gasteiger partial charge on any atom is -0.490 e. The zero-order valence-electron chi connectivity index (χ0n) is 17.4. The normalized spacial score (nSPS) is 20.6. The molecule has 4 rings (SSSR count). The molecular weight excluding hydrogens is 425 g/mol. The third kappa shape index (κ3) is 3.86. The third-order valence-electron chi connectivity index (χ3n) is 5.67. The van der Waals surface area contributed by atoms with Crippen LogP contribution in [0, 0.1) is 11.7 Å². The fraction of sp³-hybridized carbons (Fsp3) is 0.364. The van der Waals surface area contributed by atoms with E-state index >= 15 is 0 Å². The lowest BCUT2D eigenvalue weighted by atomic mass is 9.82. The number of carbonyl (C=O) groups is 1. The van der Waals surface area contributed by atoms with E-state index in [4.69, 9.17) is 16.2 Å². The van der Waals surface area contributed by atoms with Crippen LogP contribution in [-0.4, -0.2) is 37.0 Å². The highest BCUT2D eigenvalue weighted by atomic mass is 19.3. The van der Waals surface area contributed by atoms with Crippen molar-refractivity contribution in [3.63, 3.8) is 0 Å². The van der Waals surface area contributed by atoms with Gasteiger partial charge in [-0.1, -0.05) is 12.1 Å². The van der Waals surface area contributed by atoms with Crippen LogP contribution in [0.3, 0.4) is 0 Å². The number of nitrogens with zero attached hydrogens (tertiary/aromatic N) is 2. The largest absolute Gasteiger partial charge is 0.490 e. The standard InChI is InChI=1S/C22H23F3N4O3/c1-29-19(30)22(28-21(29)27,14-5-7-17(32-20(24)25)13(8-14)10-26)15-4-6-16(23)18(9-15)31-11-12-2-3-12/h4-9,12,20H,2-3,10-11,26H2,1H3,(H2,27,28)/t22-/m1/s1. The van der Waals surface area contributed by atoms with E-state index in [0.717, 1.165) is 12.8 Å². The SMILES string of the molecule is CN1C(=O)[C@@](c2ccc(OC(F)F)c(CN)c2)(c2ccc(F)c(OCC3CC3)c2)N=C1N. The van der Waals surface area contributed by atoms with Gasteiger partial charge in [0.15, 0.2) is 23.1 Å². The van der Waals surface area contributed by atoms with Gasteiger partial charge in [0.05, 0.1) is 6.61 Å². The van der Waals surface area contributed by atoms with Crippen molar-refractivity contribution < 1.29 is 27.4 Å². The van der Waals surface area contributed by atoms with Crippen LogP contribution in [0.5, 0.6) is 11.5 Å². The number of hydrogen-bond donors (Lipinski definition) is 2. The molecule has 1 amide bonds. The number of alkyl halides is 2. The molecule has 0 spiro atoms. The molecule has 1 heterocycles. The van der Waals surface area contributed by atoms with Crippen LogP contribution in [0.25, 0.3) is 0 Å². The van der Waals surface area contributed by atoms with Gasteiger partial charge in [-0.15, -0.1) is 0 Å². The molecule has 1 atom stereocenters. The van der Waals surface area contributed by atoms with Gasteiger partial charge in [0.1, 0.15) is 5.75 Å². The number of amides is 1. The van der Waals surface area contributed by atoms with Crippen LogP contribution >= 0.6 is 0 Å². The second-order valence-corrected chi connectivity index (χ2v) is 7.85. The molecule has 1 fully saturated rings. The molecule has 170 valence electrons. The molecule has 4 N–H and O–H groups in total. The monoisotopic (exact) mass is 448 g/mol. The molecule has 0 bridgehead atoms. The van der Waals surface area contributed by atoms with Crippen molar-refractivity contribution in [1.29, 1.82) is 0 Å². The van der Waals surface area contributed by atoms with Crippen LogP contribution in [0.15, 0.2) is 41.4 Å². The van der Waals surface area contributed by atoms with Gasteiger partial charge in [-0.3, -0.25) is 9.69 Å². The Morgan fingerprint density at radius 2 is 1.88 bits per heavy atom. The molecule has 0 aromatic heterocycles. The molecule has 0 radical (unpaired) electrons. The van der Waals surface area contributed by atoms with Gasteiger partial charge < -0.3 is 20.9 Å².